The summed E-state index contributed by atoms with van der Waals surface area (Å²) in [5, 5.41) is 6.73. The molecule has 1 saturated heterocycles. The van der Waals surface area contributed by atoms with Gasteiger partial charge in [0.05, 0.1) is 6.54 Å². The lowest BCUT2D eigenvalue weighted by molar-refractivity contribution is -0.138. The van der Waals surface area contributed by atoms with Crippen LogP contribution in [0.1, 0.15) is 61.4 Å². The number of nitrogens with zero attached hydrogens (tertiary/aromatic N) is 1. The molecular formula is C26H32N4O3. The van der Waals surface area contributed by atoms with Crippen molar-refractivity contribution in [2.45, 2.75) is 64.0 Å². The van der Waals surface area contributed by atoms with Crippen LogP contribution in [0.15, 0.2) is 48.5 Å². The number of aryl methyl sites for hydroxylation is 3. The highest BCUT2D eigenvalue weighted by Gasteiger charge is 2.48. The van der Waals surface area contributed by atoms with Crippen molar-refractivity contribution in [3.05, 3.63) is 70.8 Å². The number of nitrogens with one attached hydrogen (secondary N) is 3. The predicted octanol–water partition coefficient (Wildman–Crippen LogP) is 3.19. The first-order valence-electron chi connectivity index (χ1n) is 11.7. The first kappa shape index (κ1) is 23.0. The summed E-state index contributed by atoms with van der Waals surface area (Å²) in [6.07, 6.45) is 5.79. The molecule has 1 heterocycles. The molecule has 174 valence electrons. The largest absolute Gasteiger partial charge is 0.344 e. The Kier molecular flexibility index (Phi) is 6.79. The van der Waals surface area contributed by atoms with Crippen molar-refractivity contribution in [1.82, 2.24) is 21.1 Å². The number of hydrogen-bond acceptors (Lipinski definition) is 4. The molecule has 2 aromatic rings. The average molecular weight is 449 g/mol. The second kappa shape index (κ2) is 9.75. The van der Waals surface area contributed by atoms with Crippen molar-refractivity contribution >= 4 is 17.8 Å². The van der Waals surface area contributed by atoms with Gasteiger partial charge in [0.25, 0.3) is 11.8 Å². The Morgan fingerprint density at radius 2 is 1.82 bits per heavy atom. The summed E-state index contributed by atoms with van der Waals surface area (Å²) in [6, 6.07) is 15.7. The maximum Gasteiger partial charge on any atom is 0.344 e. The van der Waals surface area contributed by atoms with Crippen LogP contribution in [0.25, 0.3) is 0 Å². The molecule has 2 aliphatic rings. The van der Waals surface area contributed by atoms with Gasteiger partial charge in [-0.3, -0.25) is 15.0 Å². The minimum Gasteiger partial charge on any atom is -0.322 e. The molecule has 1 fully saturated rings. The average Bonchev–Trinajstić information content (AvgIpc) is 3.04. The number of hydrazine groups is 1. The molecule has 0 spiro atoms. The normalized spacial score (nSPS) is 20.8. The van der Waals surface area contributed by atoms with E-state index in [9.17, 15) is 14.4 Å². The van der Waals surface area contributed by atoms with Crippen LogP contribution in [0, 0.1) is 0 Å². The number of carbonyl (C=O) groups is 3. The summed E-state index contributed by atoms with van der Waals surface area (Å²) in [6.45, 7) is 3.70. The Bertz CT molecular complexity index is 1040. The first-order chi connectivity index (χ1) is 15.9. The standard InChI is InChI=1S/C26H32N4O3/c1-18(21-13-12-20-10-6-7-11-22(20)16-21)27-17-23(31)29-30-24(32)26(2,28-25(30)33)15-14-19-8-4-3-5-9-19/h3-5,8-9,12-13,16,18,27H,6-7,10-11,14-15,17H2,1-2H3,(H,28,33)(H,29,31)/t18-,26+/m0/s1. The molecular weight excluding hydrogens is 416 g/mol. The number of fused-ring (bicyclic) bond motifs is 1. The van der Waals surface area contributed by atoms with Crippen LogP contribution < -0.4 is 16.1 Å². The minimum absolute atomic E-state index is 0.00393. The smallest absolute Gasteiger partial charge is 0.322 e. The lowest BCUT2D eigenvalue weighted by Crippen LogP contribution is -2.51. The number of carbonyl (C=O) groups excluding carboxylic acids is 3. The van der Waals surface area contributed by atoms with E-state index in [0.717, 1.165) is 29.0 Å². The van der Waals surface area contributed by atoms with E-state index < -0.39 is 23.4 Å². The fraction of sp³-hybridized carbons (Fsp3) is 0.423. The minimum atomic E-state index is -1.05. The SMILES string of the molecule is C[C@H](NCC(=O)NN1C(=O)N[C@](C)(CCc2ccccc2)C1=O)c1ccc2c(c1)CCCC2. The molecule has 0 saturated carbocycles. The topological polar surface area (TPSA) is 90.5 Å². The summed E-state index contributed by atoms with van der Waals surface area (Å²) >= 11 is 0. The molecule has 4 rings (SSSR count). The second-order valence-corrected chi connectivity index (χ2v) is 9.26. The molecule has 2 atom stereocenters. The van der Waals surface area contributed by atoms with Crippen molar-refractivity contribution < 1.29 is 14.4 Å². The Balaban J connectivity index is 1.29. The van der Waals surface area contributed by atoms with Crippen LogP contribution in [-0.2, 0) is 28.9 Å². The Labute approximate surface area is 194 Å². The van der Waals surface area contributed by atoms with Crippen LogP contribution in [0.5, 0.6) is 0 Å². The number of hydrogen-bond donors (Lipinski definition) is 3. The zero-order valence-electron chi connectivity index (χ0n) is 19.3. The van der Waals surface area contributed by atoms with Crippen molar-refractivity contribution in [3.63, 3.8) is 0 Å². The van der Waals surface area contributed by atoms with Crippen molar-refractivity contribution in [2.24, 2.45) is 0 Å². The lowest BCUT2D eigenvalue weighted by atomic mass is 9.89. The van der Waals surface area contributed by atoms with Gasteiger partial charge in [-0.1, -0.05) is 48.5 Å². The lowest BCUT2D eigenvalue weighted by Gasteiger charge is -2.22. The van der Waals surface area contributed by atoms with Crippen molar-refractivity contribution in [2.75, 3.05) is 6.54 Å². The fourth-order valence-electron chi connectivity index (χ4n) is 4.54. The highest BCUT2D eigenvalue weighted by molar-refractivity contribution is 6.07. The zero-order chi connectivity index (χ0) is 23.4. The maximum absolute atomic E-state index is 12.9. The second-order valence-electron chi connectivity index (χ2n) is 9.26. The zero-order valence-corrected chi connectivity index (χ0v) is 19.3. The highest BCUT2D eigenvalue weighted by atomic mass is 16.2. The molecule has 0 bridgehead atoms. The molecule has 4 amide bonds. The van der Waals surface area contributed by atoms with Crippen LogP contribution in [0.3, 0.4) is 0 Å². The van der Waals surface area contributed by atoms with Gasteiger partial charge in [-0.25, -0.2) is 4.79 Å². The molecule has 0 unspecified atom stereocenters. The summed E-state index contributed by atoms with van der Waals surface area (Å²) in [4.78, 5) is 37.8. The number of imide groups is 1. The van der Waals surface area contributed by atoms with Gasteiger partial charge in [0, 0.05) is 6.04 Å². The third kappa shape index (κ3) is 5.25. The van der Waals surface area contributed by atoms with E-state index in [2.05, 4.69) is 34.3 Å². The van der Waals surface area contributed by atoms with Gasteiger partial charge in [0.2, 0.25) is 0 Å². The van der Waals surface area contributed by atoms with Gasteiger partial charge in [-0.05, 0) is 74.6 Å². The summed E-state index contributed by atoms with van der Waals surface area (Å²) < 4.78 is 0. The Morgan fingerprint density at radius 3 is 2.58 bits per heavy atom. The van der Waals surface area contributed by atoms with E-state index >= 15 is 0 Å². The van der Waals surface area contributed by atoms with Gasteiger partial charge in [-0.15, -0.1) is 0 Å². The number of benzene rings is 2. The molecule has 3 N–H and O–H groups in total. The maximum atomic E-state index is 12.9. The third-order valence-corrected chi connectivity index (χ3v) is 6.70. The molecule has 0 aromatic heterocycles. The van der Waals surface area contributed by atoms with Gasteiger partial charge in [-0.2, -0.15) is 5.01 Å². The van der Waals surface area contributed by atoms with E-state index in [1.165, 1.54) is 24.0 Å². The highest BCUT2D eigenvalue weighted by Crippen LogP contribution is 2.25. The molecule has 2 aromatic carbocycles. The fourth-order valence-corrected chi connectivity index (χ4v) is 4.54. The molecule has 1 aliphatic heterocycles. The molecule has 7 heteroatoms. The van der Waals surface area contributed by atoms with E-state index in [1.807, 2.05) is 37.3 Å². The monoisotopic (exact) mass is 448 g/mol. The van der Waals surface area contributed by atoms with E-state index in [4.69, 9.17) is 0 Å². The first-order valence-corrected chi connectivity index (χ1v) is 11.7. The van der Waals surface area contributed by atoms with Crippen molar-refractivity contribution in [1.29, 1.82) is 0 Å². The number of amides is 4. The van der Waals surface area contributed by atoms with Gasteiger partial charge >= 0.3 is 6.03 Å². The Morgan fingerprint density at radius 1 is 1.09 bits per heavy atom. The summed E-state index contributed by atoms with van der Waals surface area (Å²) in [5.41, 5.74) is 6.44. The molecule has 1 aliphatic carbocycles. The van der Waals surface area contributed by atoms with E-state index in [0.29, 0.717) is 12.8 Å². The Hall–Kier alpha value is -3.19. The van der Waals surface area contributed by atoms with Crippen LogP contribution in [0.4, 0.5) is 4.79 Å². The number of rotatable bonds is 8. The van der Waals surface area contributed by atoms with Crippen LogP contribution in [0.2, 0.25) is 0 Å². The van der Waals surface area contributed by atoms with Crippen molar-refractivity contribution in [3.8, 4) is 0 Å². The number of urea groups is 1. The molecule has 0 radical (unpaired) electrons. The molecule has 7 nitrogen and oxygen atoms in total. The van der Waals surface area contributed by atoms with E-state index in [-0.39, 0.29) is 12.6 Å². The van der Waals surface area contributed by atoms with Crippen LogP contribution in [-0.4, -0.2) is 34.9 Å². The summed E-state index contributed by atoms with van der Waals surface area (Å²) in [5.74, 6) is -0.880. The predicted molar refractivity (Wildman–Crippen MR) is 126 cm³/mol. The van der Waals surface area contributed by atoms with E-state index in [1.54, 1.807) is 6.92 Å². The molecule has 33 heavy (non-hydrogen) atoms. The van der Waals surface area contributed by atoms with Gasteiger partial charge < -0.3 is 10.6 Å². The third-order valence-electron chi connectivity index (χ3n) is 6.70. The van der Waals surface area contributed by atoms with Gasteiger partial charge in [0.1, 0.15) is 5.54 Å². The van der Waals surface area contributed by atoms with Gasteiger partial charge in [0.15, 0.2) is 0 Å². The summed E-state index contributed by atoms with van der Waals surface area (Å²) in [7, 11) is 0. The van der Waals surface area contributed by atoms with Crippen LogP contribution >= 0.6 is 0 Å². The quantitative estimate of drug-likeness (QED) is 0.541.